The first kappa shape index (κ1) is 22.9. The SMILES string of the molecule is CCCN1CCN(Cc2cccnc2N(C)C)C(Cc2cccc(-c3cccnc3)c2)C1=O. The number of amides is 1. The zero-order valence-electron chi connectivity index (χ0n) is 19.8. The van der Waals surface area contributed by atoms with Crippen LogP contribution in [0.1, 0.15) is 24.5 Å². The van der Waals surface area contributed by atoms with Crippen molar-refractivity contribution in [3.63, 3.8) is 0 Å². The van der Waals surface area contributed by atoms with Crippen molar-refractivity contribution in [1.29, 1.82) is 0 Å². The van der Waals surface area contributed by atoms with Gasteiger partial charge in [-0.2, -0.15) is 0 Å². The molecule has 33 heavy (non-hydrogen) atoms. The van der Waals surface area contributed by atoms with E-state index in [-0.39, 0.29) is 11.9 Å². The van der Waals surface area contributed by atoms with E-state index >= 15 is 0 Å². The molecule has 1 unspecified atom stereocenters. The molecule has 0 N–H and O–H groups in total. The maximum absolute atomic E-state index is 13.5. The summed E-state index contributed by atoms with van der Waals surface area (Å²) in [5.74, 6) is 1.18. The fraction of sp³-hybridized carbons (Fsp3) is 0.370. The van der Waals surface area contributed by atoms with E-state index in [1.165, 1.54) is 0 Å². The van der Waals surface area contributed by atoms with Gasteiger partial charge in [-0.3, -0.25) is 14.7 Å². The lowest BCUT2D eigenvalue weighted by atomic mass is 9.97. The van der Waals surface area contributed by atoms with Crippen molar-refractivity contribution in [2.75, 3.05) is 38.6 Å². The normalized spacial score (nSPS) is 16.8. The van der Waals surface area contributed by atoms with Crippen molar-refractivity contribution in [1.82, 2.24) is 19.8 Å². The van der Waals surface area contributed by atoms with E-state index in [0.29, 0.717) is 13.0 Å². The molecule has 6 heteroatoms. The fourth-order valence-corrected chi connectivity index (χ4v) is 4.59. The van der Waals surface area contributed by atoms with Gasteiger partial charge >= 0.3 is 0 Å². The van der Waals surface area contributed by atoms with Crippen LogP contribution >= 0.6 is 0 Å². The first-order valence-electron chi connectivity index (χ1n) is 11.7. The Kier molecular flexibility index (Phi) is 7.35. The second-order valence-corrected chi connectivity index (χ2v) is 8.84. The van der Waals surface area contributed by atoms with Gasteiger partial charge in [0.15, 0.2) is 0 Å². The summed E-state index contributed by atoms with van der Waals surface area (Å²) < 4.78 is 0. The van der Waals surface area contributed by atoms with E-state index in [2.05, 4.69) is 58.2 Å². The van der Waals surface area contributed by atoms with Crippen LogP contribution in [0.3, 0.4) is 0 Å². The Hall–Kier alpha value is -3.25. The molecule has 1 aliphatic heterocycles. The molecule has 3 aromatic rings. The highest BCUT2D eigenvalue weighted by atomic mass is 16.2. The minimum Gasteiger partial charge on any atom is -0.362 e. The lowest BCUT2D eigenvalue weighted by Crippen LogP contribution is -2.57. The summed E-state index contributed by atoms with van der Waals surface area (Å²) in [5.41, 5.74) is 4.53. The number of aromatic nitrogens is 2. The zero-order valence-corrected chi connectivity index (χ0v) is 19.8. The van der Waals surface area contributed by atoms with Gasteiger partial charge in [0.1, 0.15) is 5.82 Å². The zero-order chi connectivity index (χ0) is 23.2. The second kappa shape index (κ2) is 10.6. The summed E-state index contributed by atoms with van der Waals surface area (Å²) in [6.07, 6.45) is 7.15. The van der Waals surface area contributed by atoms with Gasteiger partial charge in [-0.05, 0) is 41.7 Å². The molecule has 1 saturated heterocycles. The minimum atomic E-state index is -0.190. The van der Waals surface area contributed by atoms with E-state index in [0.717, 1.165) is 54.1 Å². The number of rotatable bonds is 8. The molecule has 0 bridgehead atoms. The average molecular weight is 444 g/mol. The standard InChI is InChI=1S/C27H33N5O/c1-4-14-31-15-16-32(20-24-11-7-13-29-26(24)30(2)3)25(27(31)33)18-21-8-5-9-22(17-21)23-10-6-12-28-19-23/h5-13,17,19,25H,4,14-16,18,20H2,1-3H3. The number of pyridine rings is 2. The quantitative estimate of drug-likeness (QED) is 0.529. The van der Waals surface area contributed by atoms with Crippen LogP contribution in [0.5, 0.6) is 0 Å². The van der Waals surface area contributed by atoms with Crippen LogP contribution in [0.4, 0.5) is 5.82 Å². The van der Waals surface area contributed by atoms with E-state index in [9.17, 15) is 4.79 Å². The molecule has 1 aromatic carbocycles. The summed E-state index contributed by atoms with van der Waals surface area (Å²) in [4.78, 5) is 28.8. The molecule has 0 spiro atoms. The predicted molar refractivity (Wildman–Crippen MR) is 133 cm³/mol. The number of hydrogen-bond donors (Lipinski definition) is 0. The van der Waals surface area contributed by atoms with Crippen molar-refractivity contribution < 1.29 is 4.79 Å². The summed E-state index contributed by atoms with van der Waals surface area (Å²) in [6, 6.07) is 16.4. The molecule has 1 fully saturated rings. The Balaban J connectivity index is 1.61. The van der Waals surface area contributed by atoms with Crippen molar-refractivity contribution in [2.24, 2.45) is 0 Å². The number of hydrogen-bond acceptors (Lipinski definition) is 5. The third kappa shape index (κ3) is 5.40. The van der Waals surface area contributed by atoms with Crippen molar-refractivity contribution in [2.45, 2.75) is 32.4 Å². The molecular formula is C27H33N5O. The smallest absolute Gasteiger partial charge is 0.240 e. The summed E-state index contributed by atoms with van der Waals surface area (Å²) >= 11 is 0. The third-order valence-corrected chi connectivity index (χ3v) is 6.20. The van der Waals surface area contributed by atoms with Crippen LogP contribution < -0.4 is 4.90 Å². The van der Waals surface area contributed by atoms with Crippen LogP contribution in [0.15, 0.2) is 67.1 Å². The molecule has 0 saturated carbocycles. The van der Waals surface area contributed by atoms with Gasteiger partial charge in [0, 0.05) is 64.4 Å². The summed E-state index contributed by atoms with van der Waals surface area (Å²) in [6.45, 7) is 5.29. The van der Waals surface area contributed by atoms with Gasteiger partial charge in [-0.15, -0.1) is 0 Å². The second-order valence-electron chi connectivity index (χ2n) is 8.84. The monoisotopic (exact) mass is 443 g/mol. The molecule has 2 aromatic heterocycles. The Morgan fingerprint density at radius 2 is 1.85 bits per heavy atom. The molecule has 4 rings (SSSR count). The van der Waals surface area contributed by atoms with Gasteiger partial charge in [0.2, 0.25) is 5.91 Å². The number of benzene rings is 1. The molecular weight excluding hydrogens is 410 g/mol. The Morgan fingerprint density at radius 1 is 1.03 bits per heavy atom. The molecule has 172 valence electrons. The molecule has 0 radical (unpaired) electrons. The van der Waals surface area contributed by atoms with E-state index in [4.69, 9.17) is 0 Å². The maximum atomic E-state index is 13.5. The van der Waals surface area contributed by atoms with E-state index in [1.807, 2.05) is 48.4 Å². The lowest BCUT2D eigenvalue weighted by molar-refractivity contribution is -0.142. The van der Waals surface area contributed by atoms with E-state index < -0.39 is 0 Å². The van der Waals surface area contributed by atoms with Crippen molar-refractivity contribution in [3.05, 3.63) is 78.2 Å². The topological polar surface area (TPSA) is 52.6 Å². The van der Waals surface area contributed by atoms with Crippen molar-refractivity contribution in [3.8, 4) is 11.1 Å². The highest BCUT2D eigenvalue weighted by Crippen LogP contribution is 2.25. The first-order chi connectivity index (χ1) is 16.1. The van der Waals surface area contributed by atoms with Gasteiger partial charge in [-0.1, -0.05) is 43.3 Å². The molecule has 6 nitrogen and oxygen atoms in total. The maximum Gasteiger partial charge on any atom is 0.240 e. The molecule has 1 aliphatic rings. The van der Waals surface area contributed by atoms with Gasteiger partial charge in [0.05, 0.1) is 6.04 Å². The lowest BCUT2D eigenvalue weighted by Gasteiger charge is -2.41. The summed E-state index contributed by atoms with van der Waals surface area (Å²) in [5, 5.41) is 0. The largest absolute Gasteiger partial charge is 0.362 e. The van der Waals surface area contributed by atoms with Crippen LogP contribution in [-0.2, 0) is 17.8 Å². The van der Waals surface area contributed by atoms with Gasteiger partial charge in [0.25, 0.3) is 0 Å². The van der Waals surface area contributed by atoms with Gasteiger partial charge < -0.3 is 9.80 Å². The number of nitrogens with zero attached hydrogens (tertiary/aromatic N) is 5. The minimum absolute atomic E-state index is 0.190. The van der Waals surface area contributed by atoms with Crippen LogP contribution in [0, 0.1) is 0 Å². The van der Waals surface area contributed by atoms with Crippen LogP contribution in [-0.4, -0.2) is 65.4 Å². The highest BCUT2D eigenvalue weighted by molar-refractivity contribution is 5.83. The molecule has 0 aliphatic carbocycles. The average Bonchev–Trinajstić information content (AvgIpc) is 2.84. The number of anilines is 1. The Labute approximate surface area is 196 Å². The fourth-order valence-electron chi connectivity index (χ4n) is 4.59. The van der Waals surface area contributed by atoms with Crippen LogP contribution in [0.25, 0.3) is 11.1 Å². The van der Waals surface area contributed by atoms with Gasteiger partial charge in [-0.25, -0.2) is 4.98 Å². The number of piperazine rings is 1. The van der Waals surface area contributed by atoms with E-state index in [1.54, 1.807) is 6.20 Å². The first-order valence-corrected chi connectivity index (χ1v) is 11.7. The highest BCUT2D eigenvalue weighted by Gasteiger charge is 2.34. The summed E-state index contributed by atoms with van der Waals surface area (Å²) in [7, 11) is 4.02. The third-order valence-electron chi connectivity index (χ3n) is 6.20. The number of carbonyl (C=O) groups excluding carboxylic acids is 1. The Morgan fingerprint density at radius 3 is 2.61 bits per heavy atom. The Bertz CT molecular complexity index is 1070. The molecule has 1 atom stereocenters. The predicted octanol–water partition coefficient (Wildman–Crippen LogP) is 3.88. The van der Waals surface area contributed by atoms with Crippen LogP contribution in [0.2, 0.25) is 0 Å². The molecule has 3 heterocycles. The molecule has 1 amide bonds. The van der Waals surface area contributed by atoms with Crippen molar-refractivity contribution >= 4 is 11.7 Å². The number of carbonyl (C=O) groups is 1.